The molecular weight excluding hydrogens is 234 g/mol. The molecule has 2 heteroatoms. The second-order valence-corrected chi connectivity index (χ2v) is 5.43. The zero-order chi connectivity index (χ0) is 13.8. The van der Waals surface area contributed by atoms with Gasteiger partial charge in [0.05, 0.1) is 6.04 Å². The first-order valence-electron chi connectivity index (χ1n) is 7.42. The Morgan fingerprint density at radius 2 is 1.95 bits per heavy atom. The van der Waals surface area contributed by atoms with Gasteiger partial charge in [-0.3, -0.25) is 0 Å². The summed E-state index contributed by atoms with van der Waals surface area (Å²) in [4.78, 5) is 0. The average molecular weight is 259 g/mol. The minimum absolute atomic E-state index is 0.277. The molecule has 0 aliphatic carbocycles. The van der Waals surface area contributed by atoms with Crippen molar-refractivity contribution in [2.45, 2.75) is 52.5 Å². The van der Waals surface area contributed by atoms with Crippen LogP contribution >= 0.6 is 0 Å². The van der Waals surface area contributed by atoms with Crippen LogP contribution in [0.2, 0.25) is 0 Å². The Kier molecular flexibility index (Phi) is 4.65. The normalized spacial score (nSPS) is 14.7. The highest BCUT2D eigenvalue weighted by Crippen LogP contribution is 2.28. The van der Waals surface area contributed by atoms with Crippen LogP contribution in [0.1, 0.15) is 63.8 Å². The highest BCUT2D eigenvalue weighted by molar-refractivity contribution is 5.79. The monoisotopic (exact) mass is 259 g/mol. The molecule has 0 aliphatic heterocycles. The van der Waals surface area contributed by atoms with Crippen LogP contribution < -0.4 is 5.32 Å². The van der Waals surface area contributed by atoms with E-state index in [9.17, 15) is 0 Å². The Bertz CT molecular complexity index is 529. The molecule has 0 saturated carbocycles. The second-order valence-electron chi connectivity index (χ2n) is 5.43. The van der Waals surface area contributed by atoms with Crippen molar-refractivity contribution in [1.29, 1.82) is 0 Å². The lowest BCUT2D eigenvalue weighted by Gasteiger charge is -2.09. The molecule has 0 spiro atoms. The predicted molar refractivity (Wildman–Crippen MR) is 81.6 cm³/mol. The first-order valence-corrected chi connectivity index (χ1v) is 7.42. The molecule has 1 aromatic heterocycles. The van der Waals surface area contributed by atoms with Crippen LogP contribution in [-0.2, 0) is 0 Å². The van der Waals surface area contributed by atoms with Crippen LogP contribution in [0, 0.1) is 0 Å². The summed E-state index contributed by atoms with van der Waals surface area (Å²) in [6, 6.07) is 9.01. The molecule has 2 atom stereocenters. The zero-order valence-corrected chi connectivity index (χ0v) is 12.5. The van der Waals surface area contributed by atoms with E-state index >= 15 is 0 Å². The predicted octanol–water partition coefficient (Wildman–Crippen LogP) is 5.01. The summed E-state index contributed by atoms with van der Waals surface area (Å²) in [5.41, 5.74) is 2.39. The maximum atomic E-state index is 5.93. The molecule has 104 valence electrons. The quantitative estimate of drug-likeness (QED) is 0.789. The fraction of sp³-hybridized carbons (Fsp3) is 0.529. The molecule has 1 N–H and O–H groups in total. The van der Waals surface area contributed by atoms with Gasteiger partial charge in [-0.2, -0.15) is 0 Å². The molecule has 0 bridgehead atoms. The van der Waals surface area contributed by atoms with Gasteiger partial charge >= 0.3 is 0 Å². The maximum Gasteiger partial charge on any atom is 0.134 e. The van der Waals surface area contributed by atoms with Crippen molar-refractivity contribution in [1.82, 2.24) is 5.32 Å². The number of fused-ring (bicyclic) bond motifs is 1. The van der Waals surface area contributed by atoms with Crippen molar-refractivity contribution >= 4 is 11.0 Å². The van der Waals surface area contributed by atoms with E-state index in [4.69, 9.17) is 4.42 Å². The Labute approximate surface area is 116 Å². The Hall–Kier alpha value is -1.28. The van der Waals surface area contributed by atoms with Crippen molar-refractivity contribution in [2.24, 2.45) is 0 Å². The minimum Gasteiger partial charge on any atom is -0.459 e. The molecular formula is C17H25NO. The van der Waals surface area contributed by atoms with Gasteiger partial charge in [0.15, 0.2) is 0 Å². The highest BCUT2D eigenvalue weighted by Gasteiger charge is 2.12. The van der Waals surface area contributed by atoms with Gasteiger partial charge in [0.1, 0.15) is 11.3 Å². The molecule has 2 nitrogen and oxygen atoms in total. The van der Waals surface area contributed by atoms with Crippen LogP contribution in [0.15, 0.2) is 28.7 Å². The maximum absolute atomic E-state index is 5.93. The summed E-state index contributed by atoms with van der Waals surface area (Å²) >= 11 is 0. The molecule has 19 heavy (non-hydrogen) atoms. The van der Waals surface area contributed by atoms with Crippen molar-refractivity contribution in [3.63, 3.8) is 0 Å². The topological polar surface area (TPSA) is 25.2 Å². The van der Waals surface area contributed by atoms with E-state index in [1.807, 2.05) is 0 Å². The molecule has 0 radical (unpaired) electrons. The standard InChI is InChI=1S/C17H25NO/c1-5-9-18-13(4)17-11-15-10-14(12(3)6-2)7-8-16(15)19-17/h7-8,10-13,18H,5-6,9H2,1-4H3. The summed E-state index contributed by atoms with van der Waals surface area (Å²) in [6.07, 6.45) is 2.31. The van der Waals surface area contributed by atoms with E-state index in [2.05, 4.69) is 57.3 Å². The lowest BCUT2D eigenvalue weighted by atomic mass is 9.97. The molecule has 1 heterocycles. The molecule has 0 saturated heterocycles. The van der Waals surface area contributed by atoms with Gasteiger partial charge in [-0.25, -0.2) is 0 Å². The van der Waals surface area contributed by atoms with Crippen LogP contribution in [0.25, 0.3) is 11.0 Å². The first-order chi connectivity index (χ1) is 9.15. The number of benzene rings is 1. The third-order valence-electron chi connectivity index (χ3n) is 3.87. The van der Waals surface area contributed by atoms with Crippen LogP contribution in [0.3, 0.4) is 0 Å². The van der Waals surface area contributed by atoms with Gasteiger partial charge in [0, 0.05) is 5.39 Å². The third kappa shape index (κ3) is 3.19. The Morgan fingerprint density at radius 1 is 1.16 bits per heavy atom. The highest BCUT2D eigenvalue weighted by atomic mass is 16.3. The summed E-state index contributed by atoms with van der Waals surface area (Å²) in [5.74, 6) is 1.64. The molecule has 0 fully saturated rings. The number of hydrogen-bond donors (Lipinski definition) is 1. The Balaban J connectivity index is 2.25. The largest absolute Gasteiger partial charge is 0.459 e. The van der Waals surface area contributed by atoms with E-state index in [-0.39, 0.29) is 6.04 Å². The summed E-state index contributed by atoms with van der Waals surface area (Å²) < 4.78 is 5.93. The van der Waals surface area contributed by atoms with E-state index in [0.29, 0.717) is 5.92 Å². The van der Waals surface area contributed by atoms with Gasteiger partial charge in [0.2, 0.25) is 0 Å². The summed E-state index contributed by atoms with van der Waals surface area (Å²) in [7, 11) is 0. The number of rotatable bonds is 6. The molecule has 1 aromatic carbocycles. The molecule has 2 rings (SSSR count). The van der Waals surface area contributed by atoms with E-state index < -0.39 is 0 Å². The van der Waals surface area contributed by atoms with Gasteiger partial charge in [-0.15, -0.1) is 0 Å². The van der Waals surface area contributed by atoms with Gasteiger partial charge in [-0.1, -0.05) is 26.8 Å². The Morgan fingerprint density at radius 3 is 2.63 bits per heavy atom. The number of nitrogens with one attached hydrogen (secondary N) is 1. The van der Waals surface area contributed by atoms with E-state index in [1.165, 1.54) is 17.4 Å². The fourth-order valence-corrected chi connectivity index (χ4v) is 2.30. The van der Waals surface area contributed by atoms with E-state index in [1.54, 1.807) is 0 Å². The molecule has 2 aromatic rings. The third-order valence-corrected chi connectivity index (χ3v) is 3.87. The minimum atomic E-state index is 0.277. The zero-order valence-electron chi connectivity index (χ0n) is 12.5. The van der Waals surface area contributed by atoms with E-state index in [0.717, 1.165) is 24.3 Å². The lowest BCUT2D eigenvalue weighted by Crippen LogP contribution is -2.18. The smallest absolute Gasteiger partial charge is 0.134 e. The van der Waals surface area contributed by atoms with Crippen LogP contribution in [0.5, 0.6) is 0 Å². The van der Waals surface area contributed by atoms with Crippen molar-refractivity contribution in [2.75, 3.05) is 6.54 Å². The van der Waals surface area contributed by atoms with Gasteiger partial charge in [-0.05, 0) is 56.0 Å². The summed E-state index contributed by atoms with van der Waals surface area (Å²) in [5, 5.41) is 4.68. The molecule has 0 amide bonds. The second kappa shape index (κ2) is 6.25. The van der Waals surface area contributed by atoms with Crippen molar-refractivity contribution in [3.8, 4) is 0 Å². The summed E-state index contributed by atoms with van der Waals surface area (Å²) in [6.45, 7) is 9.86. The van der Waals surface area contributed by atoms with Crippen molar-refractivity contribution < 1.29 is 4.42 Å². The first kappa shape index (κ1) is 14.1. The van der Waals surface area contributed by atoms with Gasteiger partial charge in [0.25, 0.3) is 0 Å². The van der Waals surface area contributed by atoms with Crippen molar-refractivity contribution in [3.05, 3.63) is 35.6 Å². The molecule has 2 unspecified atom stereocenters. The fourth-order valence-electron chi connectivity index (χ4n) is 2.30. The lowest BCUT2D eigenvalue weighted by molar-refractivity contribution is 0.452. The van der Waals surface area contributed by atoms with Gasteiger partial charge < -0.3 is 9.73 Å². The SMILES string of the molecule is CCCNC(C)c1cc2cc(C(C)CC)ccc2o1. The number of hydrogen-bond acceptors (Lipinski definition) is 2. The van der Waals surface area contributed by atoms with Crippen LogP contribution in [0.4, 0.5) is 0 Å². The van der Waals surface area contributed by atoms with Crippen LogP contribution in [-0.4, -0.2) is 6.54 Å². The average Bonchev–Trinajstić information content (AvgIpc) is 2.86. The number of furan rings is 1. The molecule has 0 aliphatic rings.